The predicted molar refractivity (Wildman–Crippen MR) is 129 cm³/mol. The van der Waals surface area contributed by atoms with Crippen molar-refractivity contribution in [2.75, 3.05) is 11.7 Å². The van der Waals surface area contributed by atoms with Crippen molar-refractivity contribution in [3.05, 3.63) is 97.9 Å². The van der Waals surface area contributed by atoms with E-state index in [1.54, 1.807) is 30.3 Å². The molecule has 0 aliphatic carbocycles. The van der Waals surface area contributed by atoms with Crippen molar-refractivity contribution in [3.63, 3.8) is 0 Å². The average Bonchev–Trinajstić information content (AvgIpc) is 3.34. The van der Waals surface area contributed by atoms with Crippen molar-refractivity contribution >= 4 is 33.2 Å². The van der Waals surface area contributed by atoms with Crippen LogP contribution in [0.2, 0.25) is 0 Å². The van der Waals surface area contributed by atoms with Gasteiger partial charge in [-0.1, -0.05) is 24.3 Å². The summed E-state index contributed by atoms with van der Waals surface area (Å²) >= 11 is 0. The molecule has 9 nitrogen and oxygen atoms in total. The molecular weight excluding hydrogens is 472 g/mol. The molecule has 2 aliphatic heterocycles. The van der Waals surface area contributed by atoms with Crippen molar-refractivity contribution < 1.29 is 27.6 Å². The van der Waals surface area contributed by atoms with E-state index in [2.05, 4.69) is 0 Å². The molecule has 178 valence electrons. The lowest BCUT2D eigenvalue weighted by Gasteiger charge is -2.24. The first-order chi connectivity index (χ1) is 16.6. The van der Waals surface area contributed by atoms with E-state index in [1.807, 2.05) is 19.9 Å². The van der Waals surface area contributed by atoms with Crippen LogP contribution in [0.15, 0.2) is 65.6 Å². The molecule has 1 atom stereocenters. The maximum absolute atomic E-state index is 13.8. The zero-order chi connectivity index (χ0) is 24.9. The Morgan fingerprint density at radius 1 is 1.00 bits per heavy atom. The highest BCUT2D eigenvalue weighted by atomic mass is 32.2. The molecule has 5 rings (SSSR count). The molecule has 2 heterocycles. The number of hydrogen-bond donors (Lipinski definition) is 0. The molecule has 1 fully saturated rings. The van der Waals surface area contributed by atoms with Gasteiger partial charge in [0.05, 0.1) is 4.92 Å². The monoisotopic (exact) mass is 492 g/mol. The van der Waals surface area contributed by atoms with E-state index in [0.717, 1.165) is 11.1 Å². The van der Waals surface area contributed by atoms with Crippen LogP contribution in [0.25, 0.3) is 6.08 Å². The Morgan fingerprint density at radius 2 is 1.71 bits per heavy atom. The molecule has 3 aromatic rings. The van der Waals surface area contributed by atoms with Gasteiger partial charge >= 0.3 is 0 Å². The first kappa shape index (κ1) is 22.6. The Labute approximate surface area is 201 Å². The number of carbonyl (C=O) groups excluding carboxylic acids is 1. The van der Waals surface area contributed by atoms with Crippen molar-refractivity contribution in [1.29, 1.82) is 0 Å². The largest absolute Gasteiger partial charge is 0.454 e. The average molecular weight is 493 g/mol. The number of aryl methyl sites for hydroxylation is 2. The molecule has 0 radical (unpaired) electrons. The number of nitrogens with zero attached hydrogens (tertiary/aromatic N) is 2. The number of anilines is 1. The van der Waals surface area contributed by atoms with E-state index >= 15 is 0 Å². The highest BCUT2D eigenvalue weighted by molar-refractivity contribution is 7.97. The molecule has 2 aliphatic rings. The van der Waals surface area contributed by atoms with Gasteiger partial charge < -0.3 is 9.47 Å². The quantitative estimate of drug-likeness (QED) is 0.300. The smallest absolute Gasteiger partial charge is 0.271 e. The van der Waals surface area contributed by atoms with Crippen molar-refractivity contribution in [2.45, 2.75) is 19.2 Å². The lowest BCUT2D eigenvalue weighted by atomic mass is 10.1. The first-order valence-corrected chi connectivity index (χ1v) is 12.2. The van der Waals surface area contributed by atoms with Gasteiger partial charge in [-0.05, 0) is 66.4 Å². The van der Waals surface area contributed by atoms with Crippen LogP contribution < -0.4 is 14.4 Å². The summed E-state index contributed by atoms with van der Waals surface area (Å²) in [7, 11) is -4.27. The number of non-ortho nitro benzene ring substituents is 1. The van der Waals surface area contributed by atoms with Gasteiger partial charge in [-0.15, -0.1) is 0 Å². The van der Waals surface area contributed by atoms with E-state index in [1.165, 1.54) is 35.2 Å². The summed E-state index contributed by atoms with van der Waals surface area (Å²) in [6, 6.07) is 15.6. The Bertz CT molecular complexity index is 1510. The number of nitro benzene ring substituents is 1. The number of nitro groups is 1. The molecule has 1 unspecified atom stereocenters. The van der Waals surface area contributed by atoms with Gasteiger partial charge in [-0.3, -0.25) is 19.8 Å². The second-order valence-corrected chi connectivity index (χ2v) is 10.4. The van der Waals surface area contributed by atoms with E-state index in [4.69, 9.17) is 9.47 Å². The summed E-state index contributed by atoms with van der Waals surface area (Å²) in [6.45, 7) is 3.75. The van der Waals surface area contributed by atoms with E-state index in [-0.39, 0.29) is 18.0 Å². The van der Waals surface area contributed by atoms with Crippen molar-refractivity contribution in [2.24, 2.45) is 0 Å². The number of benzene rings is 3. The summed E-state index contributed by atoms with van der Waals surface area (Å²) in [4.78, 5) is 25.2. The van der Waals surface area contributed by atoms with E-state index in [0.29, 0.717) is 22.7 Å². The van der Waals surface area contributed by atoms with Gasteiger partial charge in [-0.2, -0.15) is 0 Å². The van der Waals surface area contributed by atoms with Crippen molar-refractivity contribution in [1.82, 2.24) is 0 Å². The Balaban J connectivity index is 1.70. The molecule has 1 saturated heterocycles. The van der Waals surface area contributed by atoms with Crippen LogP contribution in [0.1, 0.15) is 27.6 Å². The first-order valence-electron chi connectivity index (χ1n) is 10.7. The maximum Gasteiger partial charge on any atom is 0.271 e. The normalized spacial score (nSPS) is 19.4. The Kier molecular flexibility index (Phi) is 5.32. The zero-order valence-electron chi connectivity index (χ0n) is 18.8. The summed E-state index contributed by atoms with van der Waals surface area (Å²) in [5.41, 5.74) is 2.38. The van der Waals surface area contributed by atoms with E-state index in [9.17, 15) is 23.3 Å². The number of fused-ring (bicyclic) bond motifs is 1. The highest BCUT2D eigenvalue weighted by Crippen LogP contribution is 2.45. The zero-order valence-corrected chi connectivity index (χ0v) is 19.6. The van der Waals surface area contributed by atoms with Crippen molar-refractivity contribution in [3.8, 4) is 11.5 Å². The molecule has 0 spiro atoms. The molecule has 35 heavy (non-hydrogen) atoms. The molecule has 0 bridgehead atoms. The maximum atomic E-state index is 13.8. The molecule has 0 aromatic heterocycles. The number of hydrogen-bond acceptors (Lipinski definition) is 7. The molecule has 0 saturated carbocycles. The second-order valence-electron chi connectivity index (χ2n) is 8.39. The lowest BCUT2D eigenvalue weighted by molar-refractivity contribution is -0.384. The fraction of sp³-hybridized carbons (Fsp3) is 0.160. The number of ether oxygens (including phenoxy) is 2. The SMILES string of the molecule is Cc1cc(C)cc(N2C(=O)/C(=C/c3ccc4c(c3)OCO4)S(=O)(=O)C2c2cccc([N+](=O)[O-])c2)c1. The molecule has 3 aromatic carbocycles. The topological polar surface area (TPSA) is 116 Å². The van der Waals surface area contributed by atoms with Crippen LogP contribution in [-0.2, 0) is 14.6 Å². The van der Waals surface area contributed by atoms with E-state index < -0.39 is 30.9 Å². The summed E-state index contributed by atoms with van der Waals surface area (Å²) in [5, 5.41) is 9.91. The minimum atomic E-state index is -4.27. The molecule has 1 amide bonds. The van der Waals surface area contributed by atoms with Gasteiger partial charge in [0.2, 0.25) is 16.6 Å². The molecule has 10 heteroatoms. The standard InChI is InChI=1S/C25H20N2O7S/c1-15-8-16(2)10-20(9-15)26-24(28)23(12-17-6-7-21-22(11-17)34-14-33-21)35(31,32)25(26)18-4-3-5-19(13-18)27(29)30/h3-13,25H,14H2,1-2H3/b23-12-. The predicted octanol–water partition coefficient (Wildman–Crippen LogP) is 4.44. The van der Waals surface area contributed by atoms with Gasteiger partial charge in [0.25, 0.3) is 11.6 Å². The van der Waals surface area contributed by atoms with Crippen LogP contribution in [0.5, 0.6) is 11.5 Å². The van der Waals surface area contributed by atoms with Gasteiger partial charge in [0.15, 0.2) is 16.9 Å². The number of rotatable bonds is 4. The summed E-state index contributed by atoms with van der Waals surface area (Å²) < 4.78 is 38.3. The van der Waals surface area contributed by atoms with Gasteiger partial charge in [-0.25, -0.2) is 8.42 Å². The number of carbonyl (C=O) groups is 1. The molecule has 0 N–H and O–H groups in total. The highest BCUT2D eigenvalue weighted by Gasteiger charge is 2.50. The summed E-state index contributed by atoms with van der Waals surface area (Å²) in [5.74, 6) is 0.256. The minimum Gasteiger partial charge on any atom is -0.454 e. The fourth-order valence-corrected chi connectivity index (χ4v) is 6.25. The Morgan fingerprint density at radius 3 is 2.43 bits per heavy atom. The van der Waals surface area contributed by atoms with Crippen LogP contribution >= 0.6 is 0 Å². The fourth-order valence-electron chi connectivity index (χ4n) is 4.37. The molecular formula is C25H20N2O7S. The van der Waals surface area contributed by atoms with Crippen LogP contribution in [0.3, 0.4) is 0 Å². The second kappa shape index (κ2) is 8.24. The van der Waals surface area contributed by atoms with Crippen LogP contribution in [0, 0.1) is 24.0 Å². The number of amides is 1. The minimum absolute atomic E-state index is 0.0575. The lowest BCUT2D eigenvalue weighted by Crippen LogP contribution is -2.29. The number of sulfone groups is 1. The third-order valence-corrected chi connectivity index (χ3v) is 7.79. The third kappa shape index (κ3) is 3.91. The van der Waals surface area contributed by atoms with Crippen LogP contribution in [0.4, 0.5) is 11.4 Å². The third-order valence-electron chi connectivity index (χ3n) is 5.81. The van der Waals surface area contributed by atoms with Crippen LogP contribution in [-0.4, -0.2) is 26.0 Å². The van der Waals surface area contributed by atoms with Gasteiger partial charge in [0.1, 0.15) is 4.91 Å². The van der Waals surface area contributed by atoms with Gasteiger partial charge in [0, 0.05) is 17.8 Å². The Hall–Kier alpha value is -4.18. The summed E-state index contributed by atoms with van der Waals surface area (Å²) in [6.07, 6.45) is 1.30.